The van der Waals surface area contributed by atoms with Gasteiger partial charge in [-0.1, -0.05) is 37.4 Å². The molecule has 25 heavy (non-hydrogen) atoms. The molecule has 0 aromatic heterocycles. The molecule has 0 bridgehead atoms. The molecule has 1 aliphatic carbocycles. The number of hydrogen-bond donors (Lipinski definition) is 2. The Bertz CT molecular complexity index is 648. The number of nitrogens with two attached hydrogens (primary N) is 1. The van der Waals surface area contributed by atoms with Crippen LogP contribution in [0.1, 0.15) is 30.9 Å². The maximum atomic E-state index is 13.3. The largest absolute Gasteiger partial charge is 0.367 e. The van der Waals surface area contributed by atoms with E-state index in [0.717, 1.165) is 29.6 Å². The van der Waals surface area contributed by atoms with E-state index in [4.69, 9.17) is 10.5 Å². The molecular weight excluding hydrogens is 319 g/mol. The van der Waals surface area contributed by atoms with E-state index in [9.17, 15) is 9.18 Å². The van der Waals surface area contributed by atoms with Crippen molar-refractivity contribution in [2.24, 2.45) is 5.73 Å². The van der Waals surface area contributed by atoms with Crippen LogP contribution in [0.25, 0.3) is 0 Å². The Morgan fingerprint density at radius 1 is 1.32 bits per heavy atom. The van der Waals surface area contributed by atoms with Gasteiger partial charge in [0.2, 0.25) is 6.41 Å². The van der Waals surface area contributed by atoms with Crippen molar-refractivity contribution in [3.8, 4) is 0 Å². The summed E-state index contributed by atoms with van der Waals surface area (Å²) in [5.41, 5.74) is 8.47. The van der Waals surface area contributed by atoms with Crippen molar-refractivity contribution in [1.29, 1.82) is 0 Å². The summed E-state index contributed by atoms with van der Waals surface area (Å²) < 4.78 is 19.4. The van der Waals surface area contributed by atoms with Crippen LogP contribution in [-0.4, -0.2) is 25.1 Å². The number of benzene rings is 1. The average molecular weight is 344 g/mol. The zero-order valence-electron chi connectivity index (χ0n) is 14.3. The summed E-state index contributed by atoms with van der Waals surface area (Å²) in [5, 5.41) is 2.64. The predicted octanol–water partition coefficient (Wildman–Crippen LogP) is 3.18. The molecule has 4 nitrogen and oxygen atoms in total. The maximum absolute atomic E-state index is 13.3. The Kier molecular flexibility index (Phi) is 6.67. The summed E-state index contributed by atoms with van der Waals surface area (Å²) in [5.74, 6) is -0.303. The van der Waals surface area contributed by atoms with Crippen LogP contribution in [-0.2, 0) is 9.53 Å². The van der Waals surface area contributed by atoms with Crippen LogP contribution >= 0.6 is 0 Å². The van der Waals surface area contributed by atoms with E-state index in [2.05, 4.69) is 18.5 Å². The first-order chi connectivity index (χ1) is 12.0. The minimum absolute atomic E-state index is 0.266. The van der Waals surface area contributed by atoms with Crippen molar-refractivity contribution in [2.75, 3.05) is 13.2 Å². The van der Waals surface area contributed by atoms with Crippen molar-refractivity contribution < 1.29 is 13.9 Å². The summed E-state index contributed by atoms with van der Waals surface area (Å²) >= 11 is 0. The highest BCUT2D eigenvalue weighted by Gasteiger charge is 2.39. The first-order valence-corrected chi connectivity index (χ1v) is 8.34. The number of carbonyl (C=O) groups is 1. The maximum Gasteiger partial charge on any atom is 0.207 e. The van der Waals surface area contributed by atoms with E-state index in [0.29, 0.717) is 26.0 Å². The number of allylic oxidation sites excluding steroid dienone is 1. The number of amides is 1. The van der Waals surface area contributed by atoms with Gasteiger partial charge in [0.1, 0.15) is 11.9 Å². The van der Waals surface area contributed by atoms with Crippen LogP contribution in [0.4, 0.5) is 4.39 Å². The van der Waals surface area contributed by atoms with Crippen molar-refractivity contribution in [2.45, 2.75) is 30.9 Å². The molecule has 5 heteroatoms. The molecule has 0 spiro atoms. The van der Waals surface area contributed by atoms with Gasteiger partial charge in [0, 0.05) is 12.1 Å². The predicted molar refractivity (Wildman–Crippen MR) is 97.3 cm³/mol. The Hall–Kier alpha value is -2.24. The lowest BCUT2D eigenvalue weighted by molar-refractivity contribution is -0.109. The summed E-state index contributed by atoms with van der Waals surface area (Å²) in [7, 11) is 0. The van der Waals surface area contributed by atoms with E-state index in [1.54, 1.807) is 24.3 Å². The summed E-state index contributed by atoms with van der Waals surface area (Å²) in [4.78, 5) is 10.5. The van der Waals surface area contributed by atoms with E-state index in [-0.39, 0.29) is 11.4 Å². The van der Waals surface area contributed by atoms with Crippen LogP contribution in [0.5, 0.6) is 0 Å². The van der Waals surface area contributed by atoms with Crippen LogP contribution in [0.3, 0.4) is 0 Å². The minimum atomic E-state index is -0.414. The molecule has 1 aromatic rings. The Balaban J connectivity index is 2.31. The molecule has 134 valence electrons. The SMILES string of the molecule is C=C/C(CCNC=O)=C(\C=C)[C@@H](OCC1(N)CC1)c1ccc(F)cc1. The molecule has 0 radical (unpaired) electrons. The highest BCUT2D eigenvalue weighted by Crippen LogP contribution is 2.37. The molecule has 0 saturated heterocycles. The molecule has 0 unspecified atom stereocenters. The van der Waals surface area contributed by atoms with Crippen molar-refractivity contribution in [1.82, 2.24) is 5.32 Å². The molecule has 1 aliphatic rings. The molecular formula is C20H25FN2O2. The van der Waals surface area contributed by atoms with Gasteiger partial charge in [0.15, 0.2) is 0 Å². The van der Waals surface area contributed by atoms with Crippen LogP contribution in [0.2, 0.25) is 0 Å². The van der Waals surface area contributed by atoms with E-state index < -0.39 is 6.10 Å². The Morgan fingerprint density at radius 2 is 2.00 bits per heavy atom. The third-order valence-corrected chi connectivity index (χ3v) is 4.34. The fourth-order valence-electron chi connectivity index (χ4n) is 2.59. The normalized spacial score (nSPS) is 17.2. The van der Waals surface area contributed by atoms with E-state index in [1.807, 2.05) is 0 Å². The molecule has 0 heterocycles. The number of halogens is 1. The molecule has 1 saturated carbocycles. The smallest absolute Gasteiger partial charge is 0.207 e. The summed E-state index contributed by atoms with van der Waals surface area (Å²) in [6.07, 6.45) is 6.18. The van der Waals surface area contributed by atoms with Gasteiger partial charge >= 0.3 is 0 Å². The highest BCUT2D eigenvalue weighted by molar-refractivity contribution is 5.46. The molecule has 1 aromatic carbocycles. The van der Waals surface area contributed by atoms with Crippen molar-refractivity contribution in [3.05, 3.63) is 72.1 Å². The van der Waals surface area contributed by atoms with Crippen molar-refractivity contribution in [3.63, 3.8) is 0 Å². The zero-order chi connectivity index (χ0) is 18.3. The molecule has 1 atom stereocenters. The third kappa shape index (κ3) is 5.37. The monoisotopic (exact) mass is 344 g/mol. The Morgan fingerprint density at radius 3 is 2.52 bits per heavy atom. The first-order valence-electron chi connectivity index (χ1n) is 8.34. The molecule has 1 amide bonds. The van der Waals surface area contributed by atoms with Crippen LogP contribution < -0.4 is 11.1 Å². The Labute approximate surface area is 148 Å². The van der Waals surface area contributed by atoms with E-state index in [1.165, 1.54) is 12.1 Å². The highest BCUT2D eigenvalue weighted by atomic mass is 19.1. The van der Waals surface area contributed by atoms with Gasteiger partial charge in [-0.05, 0) is 48.1 Å². The lowest BCUT2D eigenvalue weighted by atomic mass is 9.94. The van der Waals surface area contributed by atoms with Crippen LogP contribution in [0.15, 0.2) is 60.7 Å². The van der Waals surface area contributed by atoms with Gasteiger partial charge in [0.05, 0.1) is 6.61 Å². The van der Waals surface area contributed by atoms with Gasteiger partial charge in [-0.15, -0.1) is 0 Å². The van der Waals surface area contributed by atoms with Crippen molar-refractivity contribution >= 4 is 6.41 Å². The third-order valence-electron chi connectivity index (χ3n) is 4.34. The standard InChI is InChI=1S/C20H25FN2O2/c1-3-15(9-12-23-14-24)18(4-2)19(25-13-20(22)10-11-20)16-5-7-17(21)8-6-16/h3-8,14,19H,1-2,9-13,22H2,(H,23,24)/b18-15-/t19-/m0/s1. The number of ether oxygens (including phenoxy) is 1. The molecule has 3 N–H and O–H groups in total. The topological polar surface area (TPSA) is 64.3 Å². The average Bonchev–Trinajstić information content (AvgIpc) is 3.35. The van der Waals surface area contributed by atoms with Gasteiger partial charge in [-0.3, -0.25) is 4.79 Å². The zero-order valence-corrected chi connectivity index (χ0v) is 14.3. The van der Waals surface area contributed by atoms with E-state index >= 15 is 0 Å². The lowest BCUT2D eigenvalue weighted by Gasteiger charge is -2.24. The number of rotatable bonds is 11. The van der Waals surface area contributed by atoms with Gasteiger partial charge in [-0.25, -0.2) is 4.39 Å². The summed E-state index contributed by atoms with van der Waals surface area (Å²) in [6.45, 7) is 8.66. The lowest BCUT2D eigenvalue weighted by Crippen LogP contribution is -2.29. The quantitative estimate of drug-likeness (QED) is 0.368. The molecule has 2 rings (SSSR count). The second-order valence-electron chi connectivity index (χ2n) is 6.32. The second kappa shape index (κ2) is 8.74. The number of hydrogen-bond acceptors (Lipinski definition) is 3. The fraction of sp³-hybridized carbons (Fsp3) is 0.350. The molecule has 1 fully saturated rings. The first kappa shape index (κ1) is 19.1. The number of nitrogens with one attached hydrogen (secondary N) is 1. The molecule has 0 aliphatic heterocycles. The second-order valence-corrected chi connectivity index (χ2v) is 6.32. The minimum Gasteiger partial charge on any atom is -0.367 e. The number of carbonyl (C=O) groups excluding carboxylic acids is 1. The fourth-order valence-corrected chi connectivity index (χ4v) is 2.59. The van der Waals surface area contributed by atoms with Gasteiger partial charge in [-0.2, -0.15) is 0 Å². The van der Waals surface area contributed by atoms with Gasteiger partial charge in [0.25, 0.3) is 0 Å². The van der Waals surface area contributed by atoms with Crippen LogP contribution in [0, 0.1) is 5.82 Å². The van der Waals surface area contributed by atoms with Gasteiger partial charge < -0.3 is 15.8 Å². The summed E-state index contributed by atoms with van der Waals surface area (Å²) in [6, 6.07) is 6.21.